The lowest BCUT2D eigenvalue weighted by atomic mass is 10.00. The Bertz CT molecular complexity index is 1470. The number of rotatable bonds is 10. The minimum absolute atomic E-state index is 0.000148. The van der Waals surface area contributed by atoms with Gasteiger partial charge in [0.05, 0.1) is 35.4 Å². The lowest BCUT2D eigenvalue weighted by molar-refractivity contribution is -0.301. The number of esters is 1. The molecule has 11 heteroatoms. The van der Waals surface area contributed by atoms with Gasteiger partial charge in [-0.15, -0.1) is 0 Å². The molecule has 3 aromatic rings. The first kappa shape index (κ1) is 32.2. The van der Waals surface area contributed by atoms with Gasteiger partial charge in [0.2, 0.25) is 0 Å². The Morgan fingerprint density at radius 2 is 1.48 bits per heavy atom. The summed E-state index contributed by atoms with van der Waals surface area (Å²) in [6.07, 6.45) is -6.73. The Balaban J connectivity index is 1.33. The molecule has 0 radical (unpaired) electrons. The van der Waals surface area contributed by atoms with Crippen LogP contribution in [0.1, 0.15) is 48.2 Å². The molecule has 0 saturated carbocycles. The lowest BCUT2D eigenvalue weighted by Crippen LogP contribution is -2.55. The van der Waals surface area contributed by atoms with E-state index < -0.39 is 65.3 Å². The summed E-state index contributed by atoms with van der Waals surface area (Å²) >= 11 is 0. The van der Waals surface area contributed by atoms with Crippen molar-refractivity contribution in [3.63, 3.8) is 0 Å². The number of carbonyl (C=O) groups is 1. The standard InChI is InChI=1S/C33H38O10S/c1-21-14-16-26(17-15-21)44(36,37)43-32-23(3)39-29(34)18-28(32)41-30-19-27(38-20-24-10-6-4-7-11-24)31(22(2)40-30)42-33(35)25-12-8-5-9-13-25/h4-17,22-23,27-32,34H,18-20H2,1-3H3/t22-,23-,27-,28-,29+,30-,31-,32-/m1/s1. The molecule has 5 rings (SSSR count). The molecule has 2 aliphatic rings. The van der Waals surface area contributed by atoms with E-state index in [1.54, 1.807) is 50.2 Å². The summed E-state index contributed by atoms with van der Waals surface area (Å²) in [6.45, 7) is 5.49. The number of benzene rings is 3. The van der Waals surface area contributed by atoms with Crippen molar-refractivity contribution in [1.29, 1.82) is 0 Å². The Morgan fingerprint density at radius 1 is 0.841 bits per heavy atom. The summed E-state index contributed by atoms with van der Waals surface area (Å²) in [5.74, 6) is -0.505. The molecular weight excluding hydrogens is 588 g/mol. The molecule has 0 bridgehead atoms. The maximum Gasteiger partial charge on any atom is 0.338 e. The van der Waals surface area contributed by atoms with Gasteiger partial charge in [0, 0.05) is 12.8 Å². The molecule has 0 unspecified atom stereocenters. The molecule has 0 spiro atoms. The summed E-state index contributed by atoms with van der Waals surface area (Å²) in [4.78, 5) is 13.0. The Hall–Kier alpha value is -3.16. The summed E-state index contributed by atoms with van der Waals surface area (Å²) < 4.78 is 62.2. The average Bonchev–Trinajstić information content (AvgIpc) is 3.00. The first-order valence-corrected chi connectivity index (χ1v) is 16.1. The second kappa shape index (κ2) is 14.3. The number of carbonyl (C=O) groups excluding carboxylic acids is 1. The highest BCUT2D eigenvalue weighted by Crippen LogP contribution is 2.33. The summed E-state index contributed by atoms with van der Waals surface area (Å²) in [5, 5.41) is 10.4. The fourth-order valence-corrected chi connectivity index (χ4v) is 6.51. The summed E-state index contributed by atoms with van der Waals surface area (Å²) in [6, 6.07) is 24.6. The number of ether oxygens (including phenoxy) is 5. The van der Waals surface area contributed by atoms with Gasteiger partial charge in [-0.3, -0.25) is 4.18 Å². The fourth-order valence-electron chi connectivity index (χ4n) is 5.35. The molecule has 3 aromatic carbocycles. The number of aliphatic hydroxyl groups is 1. The van der Waals surface area contributed by atoms with Gasteiger partial charge in [-0.25, -0.2) is 4.79 Å². The highest BCUT2D eigenvalue weighted by Gasteiger charge is 2.46. The molecule has 8 atom stereocenters. The topological polar surface area (TPSA) is 127 Å². The van der Waals surface area contributed by atoms with Crippen molar-refractivity contribution in [2.24, 2.45) is 0 Å². The van der Waals surface area contributed by atoms with Gasteiger partial charge >= 0.3 is 5.97 Å². The molecule has 236 valence electrons. The zero-order chi connectivity index (χ0) is 31.3. The predicted molar refractivity (Wildman–Crippen MR) is 159 cm³/mol. The van der Waals surface area contributed by atoms with Crippen molar-refractivity contribution in [3.8, 4) is 0 Å². The van der Waals surface area contributed by atoms with Gasteiger partial charge in [-0.05, 0) is 50.6 Å². The first-order valence-electron chi connectivity index (χ1n) is 14.6. The molecule has 0 amide bonds. The van der Waals surface area contributed by atoms with E-state index in [2.05, 4.69) is 0 Å². The Kier molecular flexibility index (Phi) is 10.5. The van der Waals surface area contributed by atoms with Gasteiger partial charge in [-0.1, -0.05) is 66.2 Å². The molecule has 44 heavy (non-hydrogen) atoms. The number of aryl methyl sites for hydroxylation is 1. The van der Waals surface area contributed by atoms with Crippen LogP contribution in [0.2, 0.25) is 0 Å². The van der Waals surface area contributed by atoms with Crippen LogP contribution in [0.15, 0.2) is 89.8 Å². The zero-order valence-corrected chi connectivity index (χ0v) is 25.7. The quantitative estimate of drug-likeness (QED) is 0.253. The number of hydrogen-bond acceptors (Lipinski definition) is 10. The summed E-state index contributed by atoms with van der Waals surface area (Å²) in [7, 11) is -4.17. The van der Waals surface area contributed by atoms with Crippen molar-refractivity contribution >= 4 is 16.1 Å². The molecule has 2 saturated heterocycles. The van der Waals surface area contributed by atoms with Crippen LogP contribution in [-0.2, 0) is 44.6 Å². The number of aliphatic hydroxyl groups excluding tert-OH is 1. The largest absolute Gasteiger partial charge is 0.453 e. The third-order valence-electron chi connectivity index (χ3n) is 7.69. The van der Waals surface area contributed by atoms with Crippen LogP contribution in [0.3, 0.4) is 0 Å². The lowest BCUT2D eigenvalue weighted by Gasteiger charge is -2.43. The highest BCUT2D eigenvalue weighted by molar-refractivity contribution is 7.86. The van der Waals surface area contributed by atoms with Crippen LogP contribution in [0.5, 0.6) is 0 Å². The third kappa shape index (κ3) is 8.10. The van der Waals surface area contributed by atoms with Crippen LogP contribution in [0.4, 0.5) is 0 Å². The van der Waals surface area contributed by atoms with E-state index >= 15 is 0 Å². The third-order valence-corrected chi connectivity index (χ3v) is 9.01. The van der Waals surface area contributed by atoms with Crippen molar-refractivity contribution in [1.82, 2.24) is 0 Å². The van der Waals surface area contributed by atoms with E-state index in [-0.39, 0.29) is 24.3 Å². The maximum atomic E-state index is 13.2. The van der Waals surface area contributed by atoms with Gasteiger partial charge in [-0.2, -0.15) is 8.42 Å². The van der Waals surface area contributed by atoms with Crippen molar-refractivity contribution < 1.29 is 46.2 Å². The van der Waals surface area contributed by atoms with E-state index in [0.717, 1.165) is 11.1 Å². The second-order valence-electron chi connectivity index (χ2n) is 11.1. The normalized spacial score (nSPS) is 29.2. The first-order chi connectivity index (χ1) is 21.1. The van der Waals surface area contributed by atoms with Gasteiger partial charge in [0.15, 0.2) is 18.7 Å². The SMILES string of the molecule is Cc1ccc(S(=O)(=O)O[C@@H]2[C@@H](C)O[C@H](O)C[C@H]2O[C@@H]2C[C@@H](OCc3ccccc3)[C@H](OC(=O)c3ccccc3)[C@@H](C)O2)cc1. The van der Waals surface area contributed by atoms with E-state index in [9.17, 15) is 18.3 Å². The fraction of sp³-hybridized carbons (Fsp3) is 0.424. The molecule has 1 N–H and O–H groups in total. The molecular formula is C33H38O10S. The minimum atomic E-state index is -4.17. The summed E-state index contributed by atoms with van der Waals surface area (Å²) in [5.41, 5.74) is 2.25. The monoisotopic (exact) mass is 626 g/mol. The maximum absolute atomic E-state index is 13.2. The molecule has 2 fully saturated rings. The van der Waals surface area contributed by atoms with Crippen LogP contribution in [0.25, 0.3) is 0 Å². The number of hydrogen-bond donors (Lipinski definition) is 1. The highest BCUT2D eigenvalue weighted by atomic mass is 32.2. The van der Waals surface area contributed by atoms with Crippen LogP contribution >= 0.6 is 0 Å². The van der Waals surface area contributed by atoms with E-state index in [4.69, 9.17) is 27.9 Å². The van der Waals surface area contributed by atoms with Crippen LogP contribution < -0.4 is 0 Å². The Morgan fingerprint density at radius 3 is 2.16 bits per heavy atom. The van der Waals surface area contributed by atoms with E-state index in [1.165, 1.54) is 12.1 Å². The average molecular weight is 627 g/mol. The minimum Gasteiger partial charge on any atom is -0.453 e. The second-order valence-corrected chi connectivity index (χ2v) is 12.7. The Labute approximate surface area is 257 Å². The molecule has 0 aliphatic carbocycles. The van der Waals surface area contributed by atoms with Crippen LogP contribution in [-0.4, -0.2) is 68.7 Å². The van der Waals surface area contributed by atoms with E-state index in [0.29, 0.717) is 5.56 Å². The van der Waals surface area contributed by atoms with E-state index in [1.807, 2.05) is 43.3 Å². The molecule has 2 heterocycles. The van der Waals surface area contributed by atoms with Gasteiger partial charge in [0.1, 0.15) is 12.2 Å². The van der Waals surface area contributed by atoms with Gasteiger partial charge in [0.25, 0.3) is 10.1 Å². The molecule has 2 aliphatic heterocycles. The van der Waals surface area contributed by atoms with Crippen molar-refractivity contribution in [3.05, 3.63) is 102 Å². The predicted octanol–water partition coefficient (Wildman–Crippen LogP) is 4.53. The zero-order valence-electron chi connectivity index (χ0n) is 24.9. The van der Waals surface area contributed by atoms with Crippen molar-refractivity contribution in [2.75, 3.05) is 0 Å². The molecule has 10 nitrogen and oxygen atoms in total. The van der Waals surface area contributed by atoms with Crippen molar-refractivity contribution in [2.45, 2.75) is 94.3 Å². The molecule has 0 aromatic heterocycles. The van der Waals surface area contributed by atoms with Crippen LogP contribution in [0, 0.1) is 6.92 Å². The smallest absolute Gasteiger partial charge is 0.338 e. The van der Waals surface area contributed by atoms with Gasteiger partial charge < -0.3 is 28.8 Å².